The van der Waals surface area contributed by atoms with Gasteiger partial charge in [0.1, 0.15) is 5.69 Å². The van der Waals surface area contributed by atoms with Crippen LogP contribution in [0.3, 0.4) is 0 Å². The zero-order chi connectivity index (χ0) is 12.7. The number of nitrogens with zero attached hydrogens (tertiary/aromatic N) is 2. The van der Waals surface area contributed by atoms with E-state index in [2.05, 4.69) is 27.9 Å². The van der Waals surface area contributed by atoms with Gasteiger partial charge < -0.3 is 10.3 Å². The summed E-state index contributed by atoms with van der Waals surface area (Å²) in [5.74, 6) is 0.289. The maximum absolute atomic E-state index is 11.7. The van der Waals surface area contributed by atoms with Crippen LogP contribution in [0.15, 0.2) is 30.6 Å². The lowest BCUT2D eigenvalue weighted by Gasteiger charge is -2.33. The Morgan fingerprint density at radius 3 is 2.94 bits per heavy atom. The molecule has 1 aliphatic rings. The number of anilines is 2. The van der Waals surface area contributed by atoms with Gasteiger partial charge in [-0.1, -0.05) is 23.7 Å². The molecule has 1 amide bonds. The lowest BCUT2D eigenvalue weighted by molar-refractivity contribution is 0.0940. The first-order chi connectivity index (χ1) is 8.68. The Kier molecular flexibility index (Phi) is 2.68. The number of aromatic nitrogens is 2. The van der Waals surface area contributed by atoms with E-state index < -0.39 is 5.50 Å². The van der Waals surface area contributed by atoms with Crippen molar-refractivity contribution < 1.29 is 4.79 Å². The first kappa shape index (κ1) is 11.4. The highest BCUT2D eigenvalue weighted by Gasteiger charge is 2.32. The standard InChI is InChI=1S/C11H9ClN4OS/c12-6-3-1-2-4-7(6)16-9-8(13-5-14-9)10(17)15-11(16)18/h1-5,11,18H,(H,13,14)(H,15,17). The van der Waals surface area contributed by atoms with Crippen LogP contribution < -0.4 is 10.2 Å². The van der Waals surface area contributed by atoms with Crippen LogP contribution in [0.25, 0.3) is 0 Å². The van der Waals surface area contributed by atoms with Crippen molar-refractivity contribution in [3.05, 3.63) is 41.3 Å². The summed E-state index contributed by atoms with van der Waals surface area (Å²) in [7, 11) is 0. The average Bonchev–Trinajstić information content (AvgIpc) is 2.81. The Bertz CT molecular complexity index is 615. The number of halogens is 1. The summed E-state index contributed by atoms with van der Waals surface area (Å²) >= 11 is 10.5. The molecule has 3 rings (SSSR count). The number of imidazole rings is 1. The molecule has 0 aliphatic carbocycles. The summed E-state index contributed by atoms with van der Waals surface area (Å²) in [5, 5.41) is 3.29. The van der Waals surface area contributed by atoms with Gasteiger partial charge in [0.05, 0.1) is 17.0 Å². The molecule has 18 heavy (non-hydrogen) atoms. The van der Waals surface area contributed by atoms with Crippen molar-refractivity contribution in [1.82, 2.24) is 15.3 Å². The summed E-state index contributed by atoms with van der Waals surface area (Å²) in [4.78, 5) is 20.5. The number of hydrogen-bond acceptors (Lipinski definition) is 4. The molecule has 1 aromatic carbocycles. The highest BCUT2D eigenvalue weighted by molar-refractivity contribution is 7.81. The first-order valence-corrected chi connectivity index (χ1v) is 6.14. The second kappa shape index (κ2) is 4.22. The molecule has 1 atom stereocenters. The molecule has 92 valence electrons. The molecule has 0 saturated heterocycles. The fourth-order valence-corrected chi connectivity index (χ4v) is 2.48. The minimum absolute atomic E-state index is 0.231. The number of benzene rings is 1. The lowest BCUT2D eigenvalue weighted by atomic mass is 10.2. The van der Waals surface area contributed by atoms with E-state index in [1.54, 1.807) is 11.0 Å². The molecular formula is C11H9ClN4OS. The van der Waals surface area contributed by atoms with Crippen molar-refractivity contribution in [2.45, 2.75) is 5.50 Å². The number of aromatic amines is 1. The molecule has 2 N–H and O–H groups in total. The maximum Gasteiger partial charge on any atom is 0.273 e. The number of H-pyrrole nitrogens is 1. The average molecular weight is 281 g/mol. The molecule has 0 saturated carbocycles. The van der Waals surface area contributed by atoms with Crippen molar-refractivity contribution in [3.8, 4) is 0 Å². The monoisotopic (exact) mass is 280 g/mol. The Labute approximate surface area is 114 Å². The SMILES string of the molecule is O=C1NC(S)N(c2ccccc2Cl)c2nc[nH]c21. The number of thiol groups is 1. The lowest BCUT2D eigenvalue weighted by Crippen LogP contribution is -2.47. The van der Waals surface area contributed by atoms with Crippen molar-refractivity contribution in [2.75, 3.05) is 4.90 Å². The van der Waals surface area contributed by atoms with Crippen LogP contribution in [0.1, 0.15) is 10.5 Å². The highest BCUT2D eigenvalue weighted by Crippen LogP contribution is 2.36. The van der Waals surface area contributed by atoms with Crippen LogP contribution in [-0.4, -0.2) is 21.4 Å². The second-order valence-corrected chi connectivity index (χ2v) is 4.67. The van der Waals surface area contributed by atoms with Crippen LogP contribution in [0.5, 0.6) is 0 Å². The van der Waals surface area contributed by atoms with E-state index in [0.29, 0.717) is 16.5 Å². The van der Waals surface area contributed by atoms with E-state index in [0.717, 1.165) is 5.69 Å². The van der Waals surface area contributed by atoms with Crippen LogP contribution in [0, 0.1) is 0 Å². The van der Waals surface area contributed by atoms with Crippen LogP contribution in [0.4, 0.5) is 11.5 Å². The van der Waals surface area contributed by atoms with Crippen LogP contribution in [-0.2, 0) is 0 Å². The van der Waals surface area contributed by atoms with E-state index in [1.807, 2.05) is 18.2 Å². The molecular weight excluding hydrogens is 272 g/mol. The number of carbonyl (C=O) groups is 1. The van der Waals surface area contributed by atoms with Crippen molar-refractivity contribution >= 4 is 41.6 Å². The largest absolute Gasteiger partial charge is 0.339 e. The number of carbonyl (C=O) groups excluding carboxylic acids is 1. The van der Waals surface area contributed by atoms with E-state index in [9.17, 15) is 4.79 Å². The third kappa shape index (κ3) is 1.65. The Morgan fingerprint density at radius 2 is 2.17 bits per heavy atom. The van der Waals surface area contributed by atoms with Gasteiger partial charge in [0.15, 0.2) is 11.3 Å². The van der Waals surface area contributed by atoms with Gasteiger partial charge in [-0.25, -0.2) is 4.98 Å². The minimum Gasteiger partial charge on any atom is -0.339 e. The van der Waals surface area contributed by atoms with Gasteiger partial charge in [-0.2, -0.15) is 0 Å². The Morgan fingerprint density at radius 1 is 1.39 bits per heavy atom. The zero-order valence-electron chi connectivity index (χ0n) is 9.09. The van der Waals surface area contributed by atoms with Crippen molar-refractivity contribution in [3.63, 3.8) is 0 Å². The number of para-hydroxylation sites is 1. The van der Waals surface area contributed by atoms with Gasteiger partial charge in [-0.05, 0) is 12.1 Å². The molecule has 2 heterocycles. The zero-order valence-corrected chi connectivity index (χ0v) is 10.7. The molecule has 7 heteroatoms. The van der Waals surface area contributed by atoms with Crippen LogP contribution >= 0.6 is 24.2 Å². The summed E-state index contributed by atoms with van der Waals surface area (Å²) in [5.41, 5.74) is 0.640. The van der Waals surface area contributed by atoms with Gasteiger partial charge in [0.2, 0.25) is 0 Å². The smallest absolute Gasteiger partial charge is 0.273 e. The molecule has 0 fully saturated rings. The van der Waals surface area contributed by atoms with Gasteiger partial charge in [-0.15, -0.1) is 12.6 Å². The maximum atomic E-state index is 11.7. The fourth-order valence-electron chi connectivity index (χ4n) is 1.90. The minimum atomic E-state index is -0.506. The second-order valence-electron chi connectivity index (χ2n) is 3.77. The summed E-state index contributed by atoms with van der Waals surface area (Å²) in [6, 6.07) is 7.33. The van der Waals surface area contributed by atoms with Crippen molar-refractivity contribution in [1.29, 1.82) is 0 Å². The van der Waals surface area contributed by atoms with E-state index in [1.165, 1.54) is 6.33 Å². The molecule has 2 aromatic rings. The first-order valence-electron chi connectivity index (χ1n) is 5.24. The molecule has 1 aromatic heterocycles. The fraction of sp³-hybridized carbons (Fsp3) is 0.0909. The summed E-state index contributed by atoms with van der Waals surface area (Å²) in [6.45, 7) is 0. The predicted molar refractivity (Wildman–Crippen MR) is 72.4 cm³/mol. The number of hydrogen-bond donors (Lipinski definition) is 3. The normalized spacial score (nSPS) is 18.4. The van der Waals surface area contributed by atoms with E-state index in [-0.39, 0.29) is 5.91 Å². The third-order valence-corrected chi connectivity index (χ3v) is 3.37. The molecule has 1 aliphatic heterocycles. The van der Waals surface area contributed by atoms with Crippen LogP contribution in [0.2, 0.25) is 5.02 Å². The number of fused-ring (bicyclic) bond motifs is 1. The molecule has 0 radical (unpaired) electrons. The van der Waals surface area contributed by atoms with Crippen molar-refractivity contribution in [2.24, 2.45) is 0 Å². The Balaban J connectivity index is 2.16. The third-order valence-electron chi connectivity index (χ3n) is 2.69. The van der Waals surface area contributed by atoms with Gasteiger partial charge in [-0.3, -0.25) is 9.69 Å². The molecule has 0 spiro atoms. The van der Waals surface area contributed by atoms with Gasteiger partial charge >= 0.3 is 0 Å². The number of amides is 1. The van der Waals surface area contributed by atoms with E-state index >= 15 is 0 Å². The number of nitrogens with one attached hydrogen (secondary N) is 2. The number of rotatable bonds is 1. The topological polar surface area (TPSA) is 61.0 Å². The highest BCUT2D eigenvalue weighted by atomic mass is 35.5. The quantitative estimate of drug-likeness (QED) is 0.702. The van der Waals surface area contributed by atoms with Gasteiger partial charge in [0.25, 0.3) is 5.91 Å². The molecule has 0 bridgehead atoms. The van der Waals surface area contributed by atoms with Gasteiger partial charge in [0, 0.05) is 0 Å². The predicted octanol–water partition coefficient (Wildman–Crippen LogP) is 2.16. The van der Waals surface area contributed by atoms with E-state index in [4.69, 9.17) is 11.6 Å². The Hall–Kier alpha value is -1.66. The molecule has 5 nitrogen and oxygen atoms in total. The summed E-state index contributed by atoms with van der Waals surface area (Å²) < 4.78 is 0. The molecule has 1 unspecified atom stereocenters. The summed E-state index contributed by atoms with van der Waals surface area (Å²) in [6.07, 6.45) is 1.47.